The minimum absolute atomic E-state index is 0.00219. The van der Waals surface area contributed by atoms with Gasteiger partial charge in [-0.2, -0.15) is 13.2 Å². The van der Waals surface area contributed by atoms with E-state index in [9.17, 15) is 13.2 Å². The van der Waals surface area contributed by atoms with E-state index in [2.05, 4.69) is 44.5 Å². The van der Waals surface area contributed by atoms with Crippen LogP contribution < -0.4 is 25.4 Å². The monoisotopic (exact) mass is 599 g/mol. The average molecular weight is 600 g/mol. The number of aromatic nitrogens is 2. The molecule has 4 N–H and O–H groups in total. The Morgan fingerprint density at radius 3 is 2.71 bits per heavy atom. The number of fused-ring (bicyclic) bond motifs is 5. The van der Waals surface area contributed by atoms with Crippen LogP contribution in [0, 0.1) is 11.3 Å². The van der Waals surface area contributed by atoms with Gasteiger partial charge in [0.25, 0.3) is 0 Å². The summed E-state index contributed by atoms with van der Waals surface area (Å²) in [4.78, 5) is 2.77. The van der Waals surface area contributed by atoms with Crippen molar-refractivity contribution < 1.29 is 17.9 Å². The normalized spacial score (nSPS) is 36.1. The summed E-state index contributed by atoms with van der Waals surface area (Å²) < 4.78 is 51.3. The standard InChI is InChI=1S/C29H48F3N7OS/c1-27(2)12-10-21-5-4-16-33-22-6-3-7-25(35-22)41-34-19-20-8-9-23(36-26(20)39(21)27)38-17-11-24(37-38)40-18-15-28(13-14-28)29(30,31)32/h11,17,20-23,25-26,33-36H,3-10,12-16,18-19H2,1-2H3/t20?,21-,22?,23?,25?,26?/m1/s1. The summed E-state index contributed by atoms with van der Waals surface area (Å²) in [7, 11) is 0. The largest absolute Gasteiger partial charge is 0.477 e. The molecular weight excluding hydrogens is 551 g/mol. The highest BCUT2D eigenvalue weighted by molar-refractivity contribution is 7.98. The Labute approximate surface area is 246 Å². The van der Waals surface area contributed by atoms with Crippen molar-refractivity contribution in [3.8, 4) is 5.88 Å². The fourth-order valence-electron chi connectivity index (χ4n) is 7.62. The summed E-state index contributed by atoms with van der Waals surface area (Å²) in [6.45, 7) is 6.80. The van der Waals surface area contributed by atoms with Gasteiger partial charge in [-0.1, -0.05) is 11.9 Å². The third-order valence-corrected chi connectivity index (χ3v) is 11.3. The molecule has 232 valence electrons. The first-order chi connectivity index (χ1) is 19.6. The SMILES string of the molecule is CC1(C)CC[C@H]2CCCNC3CCCC(N3)SNCC3CCC(n4ccc(OCCC5(C(F)(F)F)CC5)n4)NC3N21. The van der Waals surface area contributed by atoms with Crippen LogP contribution in [0.3, 0.4) is 0 Å². The number of ether oxygens (including phenoxy) is 1. The molecule has 1 aliphatic carbocycles. The Kier molecular flexibility index (Phi) is 8.89. The Morgan fingerprint density at radius 1 is 1.05 bits per heavy atom. The second-order valence-corrected chi connectivity index (χ2v) is 14.7. The lowest BCUT2D eigenvalue weighted by molar-refractivity contribution is -0.190. The van der Waals surface area contributed by atoms with Gasteiger partial charge in [0, 0.05) is 36.3 Å². The number of nitrogens with zero attached hydrogens (tertiary/aromatic N) is 3. The Balaban J connectivity index is 1.13. The van der Waals surface area contributed by atoms with Crippen LogP contribution in [0.2, 0.25) is 0 Å². The van der Waals surface area contributed by atoms with E-state index in [0.717, 1.165) is 25.9 Å². The van der Waals surface area contributed by atoms with Crippen molar-refractivity contribution in [1.82, 2.24) is 35.4 Å². The van der Waals surface area contributed by atoms with Gasteiger partial charge >= 0.3 is 6.18 Å². The van der Waals surface area contributed by atoms with Crippen LogP contribution in [0.15, 0.2) is 12.3 Å². The first-order valence-corrected chi connectivity index (χ1v) is 16.7. The van der Waals surface area contributed by atoms with Crippen molar-refractivity contribution in [3.63, 3.8) is 0 Å². The fourth-order valence-corrected chi connectivity index (χ4v) is 8.64. The third-order valence-electron chi connectivity index (χ3n) is 10.3. The van der Waals surface area contributed by atoms with Crippen molar-refractivity contribution >= 4 is 11.9 Å². The molecular formula is C29H48F3N7OS. The van der Waals surface area contributed by atoms with Gasteiger partial charge in [-0.3, -0.25) is 24.9 Å². The zero-order chi connectivity index (χ0) is 28.7. The van der Waals surface area contributed by atoms with Gasteiger partial charge < -0.3 is 10.1 Å². The maximum Gasteiger partial charge on any atom is 0.394 e. The van der Waals surface area contributed by atoms with Crippen LogP contribution in [0.4, 0.5) is 13.2 Å². The van der Waals surface area contributed by atoms with Gasteiger partial charge in [0.2, 0.25) is 5.88 Å². The summed E-state index contributed by atoms with van der Waals surface area (Å²) in [5.74, 6) is 0.864. The van der Waals surface area contributed by atoms with Crippen LogP contribution in [-0.2, 0) is 0 Å². The first-order valence-electron chi connectivity index (χ1n) is 15.8. The number of halogens is 3. The molecule has 4 saturated heterocycles. The smallest absolute Gasteiger partial charge is 0.394 e. The number of piperidine rings is 2. The van der Waals surface area contributed by atoms with Crippen LogP contribution in [-0.4, -0.2) is 69.8 Å². The second kappa shape index (κ2) is 12.1. The molecule has 12 heteroatoms. The van der Waals surface area contributed by atoms with Crippen molar-refractivity contribution in [3.05, 3.63) is 12.3 Å². The van der Waals surface area contributed by atoms with Gasteiger partial charge in [-0.25, -0.2) is 0 Å². The van der Waals surface area contributed by atoms with E-state index in [1.807, 2.05) is 22.8 Å². The maximum absolute atomic E-state index is 13.3. The fraction of sp³-hybridized carbons (Fsp3) is 0.897. The van der Waals surface area contributed by atoms with Crippen molar-refractivity contribution in [2.24, 2.45) is 11.3 Å². The van der Waals surface area contributed by atoms with Crippen LogP contribution >= 0.6 is 11.9 Å². The second-order valence-electron chi connectivity index (χ2n) is 13.6. The van der Waals surface area contributed by atoms with Gasteiger partial charge in [-0.15, -0.1) is 5.10 Å². The molecule has 6 atom stereocenters. The van der Waals surface area contributed by atoms with E-state index in [4.69, 9.17) is 4.74 Å². The van der Waals surface area contributed by atoms with E-state index in [-0.39, 0.29) is 43.7 Å². The van der Waals surface area contributed by atoms with E-state index >= 15 is 0 Å². The predicted molar refractivity (Wildman–Crippen MR) is 155 cm³/mol. The molecule has 5 aliphatic rings. The molecule has 41 heavy (non-hydrogen) atoms. The zero-order valence-electron chi connectivity index (χ0n) is 24.5. The highest BCUT2D eigenvalue weighted by Crippen LogP contribution is 2.59. The maximum atomic E-state index is 13.3. The quantitative estimate of drug-likeness (QED) is 0.348. The van der Waals surface area contributed by atoms with E-state index < -0.39 is 11.6 Å². The Morgan fingerprint density at radius 2 is 1.90 bits per heavy atom. The minimum Gasteiger partial charge on any atom is -0.477 e. The third kappa shape index (κ3) is 6.72. The Bertz CT molecular complexity index is 1020. The molecule has 4 aliphatic heterocycles. The lowest BCUT2D eigenvalue weighted by atomic mass is 9.90. The minimum atomic E-state index is -4.15. The van der Waals surface area contributed by atoms with Gasteiger partial charge in [0.1, 0.15) is 6.17 Å². The first kappa shape index (κ1) is 30.0. The van der Waals surface area contributed by atoms with Crippen LogP contribution in [0.25, 0.3) is 0 Å². The molecule has 0 radical (unpaired) electrons. The number of hydrogen-bond acceptors (Lipinski definition) is 8. The lowest BCUT2D eigenvalue weighted by Gasteiger charge is -2.49. The number of rotatable bonds is 5. The average Bonchev–Trinajstić information content (AvgIpc) is 3.49. The van der Waals surface area contributed by atoms with Gasteiger partial charge in [0.15, 0.2) is 0 Å². The number of alkyl halides is 3. The lowest BCUT2D eigenvalue weighted by Crippen LogP contribution is -2.62. The van der Waals surface area contributed by atoms with E-state index in [1.165, 1.54) is 44.9 Å². The molecule has 8 nitrogen and oxygen atoms in total. The molecule has 5 fully saturated rings. The van der Waals surface area contributed by atoms with E-state index in [0.29, 0.717) is 29.4 Å². The summed E-state index contributed by atoms with van der Waals surface area (Å²) in [6, 6.07) is 2.32. The molecule has 0 spiro atoms. The van der Waals surface area contributed by atoms with Crippen molar-refractivity contribution in [1.29, 1.82) is 0 Å². The molecule has 6 rings (SSSR count). The molecule has 0 amide bonds. The van der Waals surface area contributed by atoms with Gasteiger partial charge in [0.05, 0.1) is 29.7 Å². The molecule has 1 aromatic heterocycles. The van der Waals surface area contributed by atoms with Crippen molar-refractivity contribution in [2.75, 3.05) is 19.7 Å². The summed E-state index contributed by atoms with van der Waals surface area (Å²) in [5, 5.41) is 16.6. The summed E-state index contributed by atoms with van der Waals surface area (Å²) in [6.07, 6.45) is 9.22. The highest BCUT2D eigenvalue weighted by atomic mass is 32.2. The van der Waals surface area contributed by atoms with Crippen molar-refractivity contribution in [2.45, 2.75) is 133 Å². The molecule has 2 bridgehead atoms. The highest BCUT2D eigenvalue weighted by Gasteiger charge is 2.62. The summed E-state index contributed by atoms with van der Waals surface area (Å²) in [5.41, 5.74) is -1.44. The van der Waals surface area contributed by atoms with E-state index in [1.54, 1.807) is 6.07 Å². The van der Waals surface area contributed by atoms with Gasteiger partial charge in [-0.05, 0) is 97.4 Å². The van der Waals surface area contributed by atoms with Crippen LogP contribution in [0.1, 0.15) is 97.1 Å². The zero-order valence-corrected chi connectivity index (χ0v) is 25.3. The molecule has 5 heterocycles. The number of hydrogen-bond donors (Lipinski definition) is 4. The molecule has 5 unspecified atom stereocenters. The Hall–Kier alpha value is -1.05. The molecule has 1 saturated carbocycles. The topological polar surface area (TPSA) is 78.4 Å². The summed E-state index contributed by atoms with van der Waals surface area (Å²) >= 11 is 1.85. The van der Waals surface area contributed by atoms with Crippen LogP contribution in [0.5, 0.6) is 5.88 Å². The molecule has 0 aromatic carbocycles. The predicted octanol–water partition coefficient (Wildman–Crippen LogP) is 5.11. The number of nitrogens with one attached hydrogen (secondary N) is 4. The molecule has 1 aromatic rings.